The summed E-state index contributed by atoms with van der Waals surface area (Å²) in [5, 5.41) is 4.16. The molecule has 0 atom stereocenters. The Morgan fingerprint density at radius 3 is 0.674 bits per heavy atom. The van der Waals surface area contributed by atoms with E-state index < -0.39 is 0 Å². The van der Waals surface area contributed by atoms with Crippen LogP contribution in [-0.2, 0) is 0 Å². The molecule has 5 aromatic rings. The molecule has 3 aromatic heterocycles. The Balaban J connectivity index is 0.000000278. The van der Waals surface area contributed by atoms with Crippen molar-refractivity contribution in [3.63, 3.8) is 0 Å². The Labute approximate surface area is 321 Å². The zero-order valence-corrected chi connectivity index (χ0v) is 38.1. The largest absolute Gasteiger partial charge is 0.149 e. The normalized spacial score (nSPS) is 9.86. The number of benzene rings is 2. The molecule has 9 heteroatoms. The van der Waals surface area contributed by atoms with Gasteiger partial charge in [0.25, 0.3) is 0 Å². The van der Waals surface area contributed by atoms with E-state index in [1.54, 1.807) is 22.7 Å². The number of thiophene rings is 3. The van der Waals surface area contributed by atoms with Gasteiger partial charge in [0, 0.05) is 46.3 Å². The van der Waals surface area contributed by atoms with Gasteiger partial charge < -0.3 is 0 Å². The molecule has 0 aliphatic carbocycles. The minimum Gasteiger partial charge on any atom is -0.149 e. The topological polar surface area (TPSA) is 0 Å². The SMILES string of the molecule is Brc1c(Br)c(Br)c(Br)c(Br)c1Br.Cc1c(C)c(C)c(C)c(C)c1C.Cc1ccc(C)s1.Cc1cccs1.Cc1cccs1. The van der Waals surface area contributed by atoms with E-state index in [4.69, 9.17) is 0 Å². The summed E-state index contributed by atoms with van der Waals surface area (Å²) in [6, 6.07) is 12.6. The Hall–Kier alpha value is 0.420. The van der Waals surface area contributed by atoms with Crippen LogP contribution in [0.2, 0.25) is 0 Å². The molecule has 0 saturated heterocycles. The molecule has 0 saturated carbocycles. The van der Waals surface area contributed by atoms with E-state index >= 15 is 0 Å². The van der Waals surface area contributed by atoms with Crippen molar-refractivity contribution in [1.82, 2.24) is 0 Å². The van der Waals surface area contributed by atoms with E-state index in [-0.39, 0.29) is 0 Å². The first-order valence-corrected chi connectivity index (χ1v) is 20.6. The van der Waals surface area contributed by atoms with E-state index in [9.17, 15) is 0 Å². The van der Waals surface area contributed by atoms with Crippen LogP contribution in [0, 0.1) is 69.2 Å². The van der Waals surface area contributed by atoms with Crippen molar-refractivity contribution in [2.75, 3.05) is 0 Å². The fraction of sp³-hybridized carbons (Fsp3) is 0.294. The average molecular weight is 1020 g/mol. The van der Waals surface area contributed by atoms with Gasteiger partial charge in [0.15, 0.2) is 0 Å². The minimum absolute atomic E-state index is 0.976. The fourth-order valence-corrected chi connectivity index (χ4v) is 9.36. The van der Waals surface area contributed by atoms with Crippen molar-refractivity contribution in [2.45, 2.75) is 69.2 Å². The summed E-state index contributed by atoms with van der Waals surface area (Å²) in [7, 11) is 0. The van der Waals surface area contributed by atoms with Crippen LogP contribution in [0.25, 0.3) is 0 Å². The van der Waals surface area contributed by atoms with Crippen molar-refractivity contribution in [3.8, 4) is 0 Å². The monoisotopic (exact) mass is 1020 g/mol. The molecule has 0 amide bonds. The van der Waals surface area contributed by atoms with Gasteiger partial charge in [-0.2, -0.15) is 0 Å². The average Bonchev–Trinajstić information content (AvgIpc) is 3.76. The van der Waals surface area contributed by atoms with E-state index in [0.717, 1.165) is 26.8 Å². The maximum absolute atomic E-state index is 3.44. The summed E-state index contributed by atoms with van der Waals surface area (Å²) in [5.41, 5.74) is 8.73. The summed E-state index contributed by atoms with van der Waals surface area (Å²) in [6.45, 7) is 21.7. The summed E-state index contributed by atoms with van der Waals surface area (Å²) in [4.78, 5) is 5.57. The highest BCUT2D eigenvalue weighted by Gasteiger charge is 2.15. The zero-order chi connectivity index (χ0) is 33.0. The Kier molecular flexibility index (Phi) is 19.9. The van der Waals surface area contributed by atoms with Crippen molar-refractivity contribution in [2.24, 2.45) is 0 Å². The highest BCUT2D eigenvalue weighted by molar-refractivity contribution is 9.16. The molecule has 234 valence electrons. The molecular formula is C34H38Br6S3. The van der Waals surface area contributed by atoms with Crippen LogP contribution in [0.4, 0.5) is 0 Å². The molecule has 0 bridgehead atoms. The molecule has 43 heavy (non-hydrogen) atoms. The third kappa shape index (κ3) is 13.6. The highest BCUT2D eigenvalue weighted by Crippen LogP contribution is 2.46. The maximum Gasteiger partial charge on any atom is 0.0483 e. The molecular weight excluding hydrogens is 984 g/mol. The van der Waals surface area contributed by atoms with Crippen LogP contribution in [0.5, 0.6) is 0 Å². The predicted molar refractivity (Wildman–Crippen MR) is 219 cm³/mol. The van der Waals surface area contributed by atoms with Gasteiger partial charge in [0.1, 0.15) is 0 Å². The summed E-state index contributed by atoms with van der Waals surface area (Å²) < 4.78 is 5.86. The minimum atomic E-state index is 0.976. The second-order valence-electron chi connectivity index (χ2n) is 9.74. The molecule has 2 aromatic carbocycles. The Morgan fingerprint density at radius 1 is 0.349 bits per heavy atom. The summed E-state index contributed by atoms with van der Waals surface area (Å²) >= 11 is 26.0. The molecule has 0 aliphatic rings. The molecule has 5 rings (SSSR count). The maximum atomic E-state index is 3.44. The van der Waals surface area contributed by atoms with Crippen LogP contribution < -0.4 is 0 Å². The number of aryl methyl sites for hydroxylation is 4. The van der Waals surface area contributed by atoms with Gasteiger partial charge in [0.2, 0.25) is 0 Å². The second kappa shape index (κ2) is 20.6. The molecule has 0 N–H and O–H groups in total. The van der Waals surface area contributed by atoms with Crippen molar-refractivity contribution in [3.05, 3.63) is 127 Å². The first-order valence-electron chi connectivity index (χ1n) is 13.2. The molecule has 0 nitrogen and oxygen atoms in total. The fourth-order valence-electron chi connectivity index (χ4n) is 3.54. The van der Waals surface area contributed by atoms with E-state index in [1.165, 1.54) is 52.9 Å². The number of hydrogen-bond donors (Lipinski definition) is 0. The van der Waals surface area contributed by atoms with Crippen LogP contribution in [-0.4, -0.2) is 0 Å². The Bertz CT molecular complexity index is 1240. The van der Waals surface area contributed by atoms with Crippen molar-refractivity contribution < 1.29 is 0 Å². The first-order chi connectivity index (χ1) is 20.0. The number of hydrogen-bond acceptors (Lipinski definition) is 3. The lowest BCUT2D eigenvalue weighted by atomic mass is 9.90. The number of halogens is 6. The lowest BCUT2D eigenvalue weighted by Gasteiger charge is -2.15. The van der Waals surface area contributed by atoms with Gasteiger partial charge in [-0.25, -0.2) is 0 Å². The molecule has 3 heterocycles. The molecule has 0 fully saturated rings. The van der Waals surface area contributed by atoms with Gasteiger partial charge in [-0.05, 0) is 233 Å². The predicted octanol–water partition coefficient (Wildman–Crippen LogP) is 16.3. The number of rotatable bonds is 0. The second-order valence-corrected chi connectivity index (χ2v) is 18.3. The zero-order valence-electron chi connectivity index (χ0n) is 26.1. The smallest absolute Gasteiger partial charge is 0.0483 e. The van der Waals surface area contributed by atoms with Crippen molar-refractivity contribution >= 4 is 130 Å². The van der Waals surface area contributed by atoms with Crippen LogP contribution >= 0.6 is 130 Å². The van der Waals surface area contributed by atoms with Gasteiger partial charge in [-0.3, -0.25) is 0 Å². The molecule has 0 radical (unpaired) electrons. The first kappa shape index (κ1) is 41.4. The van der Waals surface area contributed by atoms with Crippen LogP contribution in [0.3, 0.4) is 0 Å². The lowest BCUT2D eigenvalue weighted by Crippen LogP contribution is -1.98. The van der Waals surface area contributed by atoms with E-state index in [2.05, 4.69) is 212 Å². The van der Waals surface area contributed by atoms with Gasteiger partial charge in [0.05, 0.1) is 0 Å². The Morgan fingerprint density at radius 2 is 0.581 bits per heavy atom. The van der Waals surface area contributed by atoms with E-state index in [0.29, 0.717) is 0 Å². The third-order valence-corrected chi connectivity index (χ3v) is 17.2. The third-order valence-electron chi connectivity index (χ3n) is 6.73. The quantitative estimate of drug-likeness (QED) is 0.107. The van der Waals surface area contributed by atoms with Crippen LogP contribution in [0.15, 0.2) is 74.0 Å². The van der Waals surface area contributed by atoms with Gasteiger partial charge in [-0.1, -0.05) is 12.1 Å². The molecule has 0 unspecified atom stereocenters. The summed E-state index contributed by atoms with van der Waals surface area (Å²) in [6.07, 6.45) is 0. The molecule has 0 aliphatic heterocycles. The highest BCUT2D eigenvalue weighted by atomic mass is 79.9. The van der Waals surface area contributed by atoms with Gasteiger partial charge >= 0.3 is 0 Å². The van der Waals surface area contributed by atoms with Crippen molar-refractivity contribution in [1.29, 1.82) is 0 Å². The van der Waals surface area contributed by atoms with Crippen LogP contribution in [0.1, 0.15) is 52.9 Å². The van der Waals surface area contributed by atoms with Gasteiger partial charge in [-0.15, -0.1) is 34.0 Å². The molecule has 0 spiro atoms. The summed E-state index contributed by atoms with van der Waals surface area (Å²) in [5.74, 6) is 0. The van der Waals surface area contributed by atoms with E-state index in [1.807, 2.05) is 11.3 Å². The lowest BCUT2D eigenvalue weighted by molar-refractivity contribution is 1.13. The standard InChI is InChI=1S/C12H18.C6Br6.C6H8S.2C5H6S/c1-7-8(2)10(4)12(6)11(5)9(7)3;7-1-2(8)4(10)6(12)5(11)3(1)9;1-5-3-4-6(2)7-5;2*1-5-3-2-4-6-5/h1-6H3;;3-4H,1-2H3;2*2-4H,1H3.